The summed E-state index contributed by atoms with van der Waals surface area (Å²) < 4.78 is 1.87. The lowest BCUT2D eigenvalue weighted by Crippen LogP contribution is -2.17. The van der Waals surface area contributed by atoms with Crippen LogP contribution in [-0.2, 0) is 20.1 Å². The van der Waals surface area contributed by atoms with E-state index in [9.17, 15) is 0 Å². The van der Waals surface area contributed by atoms with Gasteiger partial charge in [0.25, 0.3) is 0 Å². The van der Waals surface area contributed by atoms with Crippen LogP contribution < -0.4 is 0 Å². The molecular weight excluding hydrogens is 304 g/mol. The normalized spacial score (nSPS) is 11.3. The highest BCUT2D eigenvalue weighted by Crippen LogP contribution is 2.25. The van der Waals surface area contributed by atoms with E-state index in [4.69, 9.17) is 4.98 Å². The molecule has 23 heavy (non-hydrogen) atoms. The molecule has 0 atom stereocenters. The highest BCUT2D eigenvalue weighted by Gasteiger charge is 2.10. The lowest BCUT2D eigenvalue weighted by Gasteiger charge is -2.14. The van der Waals surface area contributed by atoms with Gasteiger partial charge in [0.15, 0.2) is 0 Å². The molecule has 0 N–H and O–H groups in total. The average molecular weight is 326 g/mol. The highest BCUT2D eigenvalue weighted by molar-refractivity contribution is 7.13. The van der Waals surface area contributed by atoms with Crippen LogP contribution in [0.15, 0.2) is 35.8 Å². The summed E-state index contributed by atoms with van der Waals surface area (Å²) in [6.45, 7) is 5.90. The Morgan fingerprint density at radius 3 is 2.74 bits per heavy atom. The van der Waals surface area contributed by atoms with Gasteiger partial charge in [-0.25, -0.2) is 4.98 Å². The maximum atomic E-state index is 4.79. The Hall–Kier alpha value is -1.98. The Kier molecular flexibility index (Phi) is 4.59. The van der Waals surface area contributed by atoms with Crippen molar-refractivity contribution < 1.29 is 0 Å². The molecule has 0 aliphatic heterocycles. The van der Waals surface area contributed by atoms with Gasteiger partial charge in [-0.1, -0.05) is 23.8 Å². The largest absolute Gasteiger partial charge is 0.296 e. The van der Waals surface area contributed by atoms with Crippen molar-refractivity contribution >= 4 is 11.3 Å². The van der Waals surface area contributed by atoms with Crippen LogP contribution in [0.25, 0.3) is 10.6 Å². The van der Waals surface area contributed by atoms with Gasteiger partial charge in [0, 0.05) is 42.8 Å². The van der Waals surface area contributed by atoms with Gasteiger partial charge in [0.2, 0.25) is 0 Å². The molecule has 0 saturated carbocycles. The van der Waals surface area contributed by atoms with Gasteiger partial charge in [-0.15, -0.1) is 11.3 Å². The first-order valence-electron chi connectivity index (χ1n) is 7.70. The first-order chi connectivity index (χ1) is 11.0. The SMILES string of the molecule is Cc1cccc(-c2nc(CN(C)Cc3cn(C)nc3C)cs2)c1. The summed E-state index contributed by atoms with van der Waals surface area (Å²) in [6, 6.07) is 8.51. The van der Waals surface area contributed by atoms with Crippen LogP contribution in [0.1, 0.15) is 22.5 Å². The van der Waals surface area contributed by atoms with E-state index < -0.39 is 0 Å². The van der Waals surface area contributed by atoms with Gasteiger partial charge >= 0.3 is 0 Å². The molecule has 4 nitrogen and oxygen atoms in total. The molecule has 3 rings (SSSR count). The van der Waals surface area contributed by atoms with Crippen molar-refractivity contribution in [1.82, 2.24) is 19.7 Å². The Labute approximate surface area is 141 Å². The predicted molar refractivity (Wildman–Crippen MR) is 95.4 cm³/mol. The molecule has 1 aromatic carbocycles. The van der Waals surface area contributed by atoms with Crippen LogP contribution in [0.4, 0.5) is 0 Å². The van der Waals surface area contributed by atoms with Gasteiger partial charge in [0.1, 0.15) is 5.01 Å². The highest BCUT2D eigenvalue weighted by atomic mass is 32.1. The molecule has 0 unspecified atom stereocenters. The fourth-order valence-electron chi connectivity index (χ4n) is 2.72. The smallest absolute Gasteiger partial charge is 0.123 e. The Bertz CT molecular complexity index is 803. The number of rotatable bonds is 5. The Morgan fingerprint density at radius 1 is 1.22 bits per heavy atom. The van der Waals surface area contributed by atoms with Gasteiger partial charge < -0.3 is 0 Å². The molecule has 5 heteroatoms. The first-order valence-corrected chi connectivity index (χ1v) is 8.58. The van der Waals surface area contributed by atoms with Crippen molar-refractivity contribution in [3.8, 4) is 10.6 Å². The quantitative estimate of drug-likeness (QED) is 0.715. The van der Waals surface area contributed by atoms with Crippen molar-refractivity contribution in [1.29, 1.82) is 0 Å². The third-order valence-corrected chi connectivity index (χ3v) is 4.74. The van der Waals surface area contributed by atoms with Gasteiger partial charge in [-0.2, -0.15) is 5.10 Å². The monoisotopic (exact) mass is 326 g/mol. The minimum absolute atomic E-state index is 0.844. The molecule has 0 fully saturated rings. The molecule has 0 spiro atoms. The van der Waals surface area contributed by atoms with Gasteiger partial charge in [0.05, 0.1) is 11.4 Å². The second-order valence-corrected chi connectivity index (χ2v) is 6.96. The number of nitrogens with zero attached hydrogens (tertiary/aromatic N) is 4. The molecule has 0 saturated heterocycles. The van der Waals surface area contributed by atoms with Crippen molar-refractivity contribution in [2.75, 3.05) is 7.05 Å². The molecular formula is C18H22N4S. The minimum Gasteiger partial charge on any atom is -0.296 e. The summed E-state index contributed by atoms with van der Waals surface area (Å²) in [4.78, 5) is 7.06. The van der Waals surface area contributed by atoms with E-state index in [1.165, 1.54) is 16.7 Å². The average Bonchev–Trinajstić information content (AvgIpc) is 3.06. The van der Waals surface area contributed by atoms with Crippen molar-refractivity contribution in [2.24, 2.45) is 7.05 Å². The molecule has 3 aromatic rings. The predicted octanol–water partition coefficient (Wildman–Crippen LogP) is 3.79. The van der Waals surface area contributed by atoms with Crippen LogP contribution in [-0.4, -0.2) is 26.7 Å². The summed E-state index contributed by atoms with van der Waals surface area (Å²) in [6.07, 6.45) is 2.09. The molecule has 0 radical (unpaired) electrons. The lowest BCUT2D eigenvalue weighted by molar-refractivity contribution is 0.315. The summed E-state index contributed by atoms with van der Waals surface area (Å²) in [7, 11) is 4.09. The van der Waals surface area contributed by atoms with Crippen molar-refractivity contribution in [3.63, 3.8) is 0 Å². The van der Waals surface area contributed by atoms with Crippen LogP contribution in [0, 0.1) is 13.8 Å². The first kappa shape index (κ1) is 15.9. The number of benzene rings is 1. The number of hydrogen-bond donors (Lipinski definition) is 0. The third-order valence-electron chi connectivity index (χ3n) is 3.80. The molecule has 0 amide bonds. The summed E-state index contributed by atoms with van der Waals surface area (Å²) in [5, 5.41) is 7.65. The maximum absolute atomic E-state index is 4.79. The van der Waals surface area contributed by atoms with E-state index in [2.05, 4.69) is 66.7 Å². The number of aryl methyl sites for hydroxylation is 3. The van der Waals surface area contributed by atoms with Crippen LogP contribution in [0.2, 0.25) is 0 Å². The summed E-state index contributed by atoms with van der Waals surface area (Å²) >= 11 is 1.71. The van der Waals surface area contributed by atoms with E-state index >= 15 is 0 Å². The molecule has 2 heterocycles. The van der Waals surface area contributed by atoms with Crippen LogP contribution >= 0.6 is 11.3 Å². The van der Waals surface area contributed by atoms with Crippen LogP contribution in [0.5, 0.6) is 0 Å². The standard InChI is InChI=1S/C18H22N4S/c1-13-6-5-7-15(8-13)18-19-17(12-23-18)11-21(3)9-16-10-22(4)20-14(16)2/h5-8,10,12H,9,11H2,1-4H3. The van der Waals surface area contributed by atoms with E-state index in [1.54, 1.807) is 11.3 Å². The molecule has 2 aromatic heterocycles. The zero-order chi connectivity index (χ0) is 16.4. The zero-order valence-electron chi connectivity index (χ0n) is 14.1. The van der Waals surface area contributed by atoms with E-state index in [-0.39, 0.29) is 0 Å². The lowest BCUT2D eigenvalue weighted by atomic mass is 10.1. The molecule has 0 bridgehead atoms. The molecule has 120 valence electrons. The Balaban J connectivity index is 1.68. The summed E-state index contributed by atoms with van der Waals surface area (Å²) in [5.74, 6) is 0. The van der Waals surface area contributed by atoms with Gasteiger partial charge in [-0.05, 0) is 27.0 Å². The number of hydrogen-bond acceptors (Lipinski definition) is 4. The van der Waals surface area contributed by atoms with E-state index in [0.29, 0.717) is 0 Å². The van der Waals surface area contributed by atoms with Crippen molar-refractivity contribution in [3.05, 3.63) is 58.4 Å². The minimum atomic E-state index is 0.844. The van der Waals surface area contributed by atoms with Crippen LogP contribution in [0.3, 0.4) is 0 Å². The second-order valence-electron chi connectivity index (χ2n) is 6.10. The summed E-state index contributed by atoms with van der Waals surface area (Å²) in [5.41, 5.74) is 5.95. The number of aromatic nitrogens is 3. The van der Waals surface area contributed by atoms with E-state index in [1.807, 2.05) is 11.7 Å². The third kappa shape index (κ3) is 3.86. The fourth-order valence-corrected chi connectivity index (χ4v) is 3.53. The molecule has 0 aliphatic rings. The Morgan fingerprint density at radius 2 is 2.04 bits per heavy atom. The number of thiazole rings is 1. The molecule has 0 aliphatic carbocycles. The maximum Gasteiger partial charge on any atom is 0.123 e. The topological polar surface area (TPSA) is 34.0 Å². The second kappa shape index (κ2) is 6.64. The van der Waals surface area contributed by atoms with Crippen molar-refractivity contribution in [2.45, 2.75) is 26.9 Å². The van der Waals surface area contributed by atoms with Gasteiger partial charge in [-0.3, -0.25) is 9.58 Å². The fraction of sp³-hybridized carbons (Fsp3) is 0.333. The zero-order valence-corrected chi connectivity index (χ0v) is 14.9. The van der Waals surface area contributed by atoms with E-state index in [0.717, 1.165) is 29.5 Å².